The number of carbonyl (C=O) groups excluding carboxylic acids is 2. The van der Waals surface area contributed by atoms with Crippen LogP contribution in [0.1, 0.15) is 23.7 Å². The molecular formula is C11H13N3O3. The normalized spacial score (nSPS) is 9.71. The maximum atomic E-state index is 11.7. The third-order valence-electron chi connectivity index (χ3n) is 2.08. The first-order valence-electron chi connectivity index (χ1n) is 5.04. The number of benzene rings is 1. The fourth-order valence-electron chi connectivity index (χ4n) is 1.26. The Morgan fingerprint density at radius 1 is 1.47 bits per heavy atom. The van der Waals surface area contributed by atoms with E-state index in [0.29, 0.717) is 11.3 Å². The second kappa shape index (κ2) is 5.74. The summed E-state index contributed by atoms with van der Waals surface area (Å²) in [5, 5.41) is 3.19. The second-order valence-corrected chi connectivity index (χ2v) is 3.29. The number of nitrogen functional groups attached to an aromatic ring is 1. The zero-order valence-electron chi connectivity index (χ0n) is 9.40. The van der Waals surface area contributed by atoms with Gasteiger partial charge in [-0.15, -0.1) is 0 Å². The van der Waals surface area contributed by atoms with Crippen molar-refractivity contribution in [1.82, 2.24) is 0 Å². The van der Waals surface area contributed by atoms with Crippen LogP contribution in [0.15, 0.2) is 23.3 Å². The molecule has 0 heterocycles. The van der Waals surface area contributed by atoms with Crippen LogP contribution in [0.2, 0.25) is 0 Å². The van der Waals surface area contributed by atoms with Gasteiger partial charge in [0.25, 0.3) is 0 Å². The minimum Gasteiger partial charge on any atom is -0.466 e. The minimum atomic E-state index is -0.571. The smallest absolute Gasteiger partial charge is 0.313 e. The van der Waals surface area contributed by atoms with Crippen molar-refractivity contribution in [2.24, 2.45) is 5.11 Å². The Bertz CT molecular complexity index is 457. The number of ether oxygens (including phenoxy) is 1. The molecule has 0 aliphatic heterocycles. The van der Waals surface area contributed by atoms with E-state index in [0.717, 1.165) is 0 Å². The van der Waals surface area contributed by atoms with Gasteiger partial charge in [-0.25, -0.2) is 5.53 Å². The molecule has 0 aromatic heterocycles. The van der Waals surface area contributed by atoms with Gasteiger partial charge in [-0.1, -0.05) is 0 Å². The lowest BCUT2D eigenvalue weighted by Crippen LogP contribution is -2.11. The molecule has 0 bridgehead atoms. The van der Waals surface area contributed by atoms with E-state index in [1.165, 1.54) is 18.2 Å². The van der Waals surface area contributed by atoms with Crippen LogP contribution in [-0.4, -0.2) is 18.4 Å². The first-order valence-corrected chi connectivity index (χ1v) is 5.04. The number of nitrogens with zero attached hydrogens (tertiary/aromatic N) is 1. The zero-order chi connectivity index (χ0) is 12.8. The van der Waals surface area contributed by atoms with Crippen LogP contribution in [0.3, 0.4) is 0 Å². The van der Waals surface area contributed by atoms with E-state index in [1.807, 2.05) is 0 Å². The summed E-state index contributed by atoms with van der Waals surface area (Å²) < 4.78 is 4.67. The van der Waals surface area contributed by atoms with Gasteiger partial charge >= 0.3 is 5.97 Å². The number of rotatable bonds is 5. The number of ketones is 1. The molecule has 6 heteroatoms. The molecule has 0 fully saturated rings. The molecule has 1 aromatic rings. The van der Waals surface area contributed by atoms with Gasteiger partial charge in [0, 0.05) is 5.56 Å². The van der Waals surface area contributed by atoms with Crippen LogP contribution in [0.4, 0.5) is 11.4 Å². The molecule has 0 aliphatic carbocycles. The van der Waals surface area contributed by atoms with E-state index in [-0.39, 0.29) is 24.5 Å². The fourth-order valence-corrected chi connectivity index (χ4v) is 1.26. The molecule has 0 atom stereocenters. The average Bonchev–Trinajstić information content (AvgIpc) is 2.29. The predicted molar refractivity (Wildman–Crippen MR) is 61.2 cm³/mol. The van der Waals surface area contributed by atoms with Gasteiger partial charge in [0.15, 0.2) is 5.78 Å². The summed E-state index contributed by atoms with van der Waals surface area (Å²) in [6, 6.07) is 4.35. The van der Waals surface area contributed by atoms with Crippen molar-refractivity contribution in [3.05, 3.63) is 23.8 Å². The fraction of sp³-hybridized carbons (Fsp3) is 0.273. The highest BCUT2D eigenvalue weighted by Gasteiger charge is 2.13. The second-order valence-electron chi connectivity index (χ2n) is 3.29. The molecule has 1 aromatic carbocycles. The number of Topliss-reactive ketones (excluding diaryl/α,β-unsaturated/α-hetero) is 1. The Morgan fingerprint density at radius 2 is 2.18 bits per heavy atom. The van der Waals surface area contributed by atoms with E-state index >= 15 is 0 Å². The van der Waals surface area contributed by atoms with Crippen molar-refractivity contribution >= 4 is 23.1 Å². The molecule has 0 saturated heterocycles. The Labute approximate surface area is 98.3 Å². The maximum absolute atomic E-state index is 11.7. The molecule has 90 valence electrons. The SMILES string of the molecule is CCOC(=O)CC(=O)c1ccc(N)c(N=N)c1. The Balaban J connectivity index is 2.82. The topological polar surface area (TPSA) is 106 Å². The van der Waals surface area contributed by atoms with Gasteiger partial charge in [-0.2, -0.15) is 5.11 Å². The highest BCUT2D eigenvalue weighted by molar-refractivity contribution is 6.06. The maximum Gasteiger partial charge on any atom is 0.313 e. The number of nitrogens with one attached hydrogen (secondary N) is 1. The van der Waals surface area contributed by atoms with E-state index in [9.17, 15) is 9.59 Å². The summed E-state index contributed by atoms with van der Waals surface area (Å²) in [5.41, 5.74) is 13.2. The first kappa shape index (κ1) is 12.8. The van der Waals surface area contributed by atoms with Crippen molar-refractivity contribution in [3.63, 3.8) is 0 Å². The summed E-state index contributed by atoms with van der Waals surface area (Å²) in [5.74, 6) is -0.952. The average molecular weight is 235 g/mol. The summed E-state index contributed by atoms with van der Waals surface area (Å²) in [4.78, 5) is 22.8. The number of esters is 1. The van der Waals surface area contributed by atoms with E-state index < -0.39 is 5.97 Å². The molecule has 17 heavy (non-hydrogen) atoms. The van der Waals surface area contributed by atoms with Crippen LogP contribution in [0.5, 0.6) is 0 Å². The zero-order valence-corrected chi connectivity index (χ0v) is 9.40. The van der Waals surface area contributed by atoms with Crippen LogP contribution in [0, 0.1) is 5.53 Å². The van der Waals surface area contributed by atoms with Crippen molar-refractivity contribution in [2.75, 3.05) is 12.3 Å². The number of hydrogen-bond acceptors (Lipinski definition) is 6. The minimum absolute atomic E-state index is 0.208. The molecule has 0 spiro atoms. The summed E-state index contributed by atoms with van der Waals surface area (Å²) in [6.07, 6.45) is -0.324. The predicted octanol–water partition coefficient (Wildman–Crippen LogP) is 2.07. The highest BCUT2D eigenvalue weighted by atomic mass is 16.5. The third kappa shape index (κ3) is 3.37. The summed E-state index contributed by atoms with van der Waals surface area (Å²) in [7, 11) is 0. The number of nitrogens with two attached hydrogens (primary N) is 1. The lowest BCUT2D eigenvalue weighted by Gasteiger charge is -2.03. The van der Waals surface area contributed by atoms with E-state index in [2.05, 4.69) is 9.85 Å². The van der Waals surface area contributed by atoms with Gasteiger partial charge < -0.3 is 10.5 Å². The molecule has 0 aliphatic rings. The Kier molecular flexibility index (Phi) is 4.33. The monoisotopic (exact) mass is 235 g/mol. The molecule has 0 unspecified atom stereocenters. The number of anilines is 1. The van der Waals surface area contributed by atoms with Gasteiger partial charge in [0.2, 0.25) is 0 Å². The summed E-state index contributed by atoms with van der Waals surface area (Å²) >= 11 is 0. The molecule has 0 amide bonds. The van der Waals surface area contributed by atoms with Crippen LogP contribution >= 0.6 is 0 Å². The number of hydrogen-bond donors (Lipinski definition) is 2. The van der Waals surface area contributed by atoms with Crippen molar-refractivity contribution < 1.29 is 14.3 Å². The standard InChI is InChI=1S/C11H13N3O3/c1-2-17-11(16)6-10(15)7-3-4-8(12)9(5-7)14-13/h3-5,13H,2,6,12H2,1H3. The van der Waals surface area contributed by atoms with E-state index in [1.54, 1.807) is 6.92 Å². The van der Waals surface area contributed by atoms with Gasteiger partial charge in [-0.05, 0) is 25.1 Å². The molecule has 1 rings (SSSR count). The Morgan fingerprint density at radius 3 is 2.76 bits per heavy atom. The van der Waals surface area contributed by atoms with Crippen LogP contribution in [-0.2, 0) is 9.53 Å². The van der Waals surface area contributed by atoms with Crippen LogP contribution < -0.4 is 5.73 Å². The van der Waals surface area contributed by atoms with E-state index in [4.69, 9.17) is 11.3 Å². The lowest BCUT2D eigenvalue weighted by molar-refractivity contribution is -0.141. The van der Waals surface area contributed by atoms with Crippen LogP contribution in [0.25, 0.3) is 0 Å². The van der Waals surface area contributed by atoms with Gasteiger partial charge in [0.1, 0.15) is 12.1 Å². The van der Waals surface area contributed by atoms with Gasteiger partial charge in [-0.3, -0.25) is 9.59 Å². The van der Waals surface area contributed by atoms with Crippen molar-refractivity contribution in [2.45, 2.75) is 13.3 Å². The van der Waals surface area contributed by atoms with Gasteiger partial charge in [0.05, 0.1) is 12.3 Å². The number of carbonyl (C=O) groups is 2. The Hall–Kier alpha value is -2.24. The molecule has 0 radical (unpaired) electrons. The molecule has 0 saturated carbocycles. The first-order chi connectivity index (χ1) is 8.08. The largest absolute Gasteiger partial charge is 0.466 e. The quantitative estimate of drug-likeness (QED) is 0.268. The summed E-state index contributed by atoms with van der Waals surface area (Å²) in [6.45, 7) is 1.91. The lowest BCUT2D eigenvalue weighted by atomic mass is 10.1. The third-order valence-corrected chi connectivity index (χ3v) is 2.08. The molecule has 3 N–H and O–H groups in total. The molecule has 6 nitrogen and oxygen atoms in total. The van der Waals surface area contributed by atoms with Crippen molar-refractivity contribution in [3.8, 4) is 0 Å². The highest BCUT2D eigenvalue weighted by Crippen LogP contribution is 2.23. The van der Waals surface area contributed by atoms with Crippen molar-refractivity contribution in [1.29, 1.82) is 5.53 Å². The molecular weight excluding hydrogens is 222 g/mol.